The summed E-state index contributed by atoms with van der Waals surface area (Å²) in [5.41, 5.74) is 4.60. The van der Waals surface area contributed by atoms with Crippen LogP contribution in [0.5, 0.6) is 11.5 Å². The molecule has 0 fully saturated rings. The van der Waals surface area contributed by atoms with Crippen molar-refractivity contribution in [3.05, 3.63) is 112 Å². The molecular weight excluding hydrogens is 520 g/mol. The molecule has 0 bridgehead atoms. The van der Waals surface area contributed by atoms with Gasteiger partial charge in [-0.25, -0.2) is 4.79 Å². The number of carbonyl (C=O) groups is 1. The fourth-order valence-corrected chi connectivity index (χ4v) is 5.90. The second-order valence-corrected chi connectivity index (χ2v) is 10.8. The number of nitrogens with one attached hydrogen (secondary N) is 1. The summed E-state index contributed by atoms with van der Waals surface area (Å²) < 4.78 is 13.0. The van der Waals surface area contributed by atoms with E-state index in [1.807, 2.05) is 66.7 Å². The molecule has 0 aliphatic carbocycles. The largest absolute Gasteiger partial charge is 0.456 e. The smallest absolute Gasteiger partial charge is 0.340 e. The molecule has 5 nitrogen and oxygen atoms in total. The monoisotopic (exact) mass is 552 g/mol. The second kappa shape index (κ2) is 10.9. The van der Waals surface area contributed by atoms with Crippen LogP contribution in [0.1, 0.15) is 66.6 Å². The summed E-state index contributed by atoms with van der Waals surface area (Å²) in [6, 6.07) is 27.5. The van der Waals surface area contributed by atoms with Gasteiger partial charge in [-0.15, -0.1) is 0 Å². The lowest BCUT2D eigenvalue weighted by Crippen LogP contribution is -2.33. The third-order valence-corrected chi connectivity index (χ3v) is 8.11. The first-order valence-corrected chi connectivity index (χ1v) is 14.5. The summed E-state index contributed by atoms with van der Waals surface area (Å²) in [4.78, 5) is 15.7. The van der Waals surface area contributed by atoms with E-state index in [0.29, 0.717) is 22.1 Å². The predicted molar refractivity (Wildman–Crippen MR) is 161 cm³/mol. The van der Waals surface area contributed by atoms with E-state index < -0.39 is 5.60 Å². The van der Waals surface area contributed by atoms with Gasteiger partial charge >= 0.3 is 5.97 Å². The van der Waals surface area contributed by atoms with Gasteiger partial charge in [-0.1, -0.05) is 68.6 Å². The Morgan fingerprint density at radius 1 is 0.800 bits per heavy atom. The van der Waals surface area contributed by atoms with E-state index in [9.17, 15) is 4.79 Å². The third-order valence-electron chi connectivity index (χ3n) is 7.78. The maximum absolute atomic E-state index is 13.3. The predicted octanol–water partition coefficient (Wildman–Crippen LogP) is 9.06. The van der Waals surface area contributed by atoms with E-state index >= 15 is 0 Å². The van der Waals surface area contributed by atoms with Gasteiger partial charge in [-0.05, 0) is 61.4 Å². The van der Waals surface area contributed by atoms with Crippen LogP contribution in [-0.2, 0) is 10.3 Å². The number of fused-ring (bicyclic) bond motifs is 6. The van der Waals surface area contributed by atoms with Crippen molar-refractivity contribution in [3.8, 4) is 11.5 Å². The molecule has 0 amide bonds. The van der Waals surface area contributed by atoms with Gasteiger partial charge in [0.2, 0.25) is 0 Å². The van der Waals surface area contributed by atoms with Crippen LogP contribution in [0.4, 0.5) is 17.1 Å². The topological polar surface area (TPSA) is 50.8 Å². The molecule has 6 rings (SSSR count). The lowest BCUT2D eigenvalue weighted by atomic mass is 9.77. The molecule has 0 unspecified atom stereocenters. The van der Waals surface area contributed by atoms with E-state index in [4.69, 9.17) is 21.1 Å². The highest BCUT2D eigenvalue weighted by Crippen LogP contribution is 2.57. The number of anilines is 3. The molecule has 0 saturated heterocycles. The zero-order valence-corrected chi connectivity index (χ0v) is 23.6. The van der Waals surface area contributed by atoms with E-state index in [1.54, 1.807) is 0 Å². The van der Waals surface area contributed by atoms with Gasteiger partial charge in [0.05, 0.1) is 16.3 Å². The number of ether oxygens (including phenoxy) is 2. The molecule has 0 radical (unpaired) electrons. The quantitative estimate of drug-likeness (QED) is 0.210. The lowest BCUT2D eigenvalue weighted by molar-refractivity contribution is 0.0224. The first-order chi connectivity index (χ1) is 19.5. The molecule has 1 atom stereocenters. The summed E-state index contributed by atoms with van der Waals surface area (Å²) >= 11 is 6.43. The summed E-state index contributed by atoms with van der Waals surface area (Å²) in [6.45, 7) is 6.42. The summed E-state index contributed by atoms with van der Waals surface area (Å²) in [5, 5.41) is 4.04. The zero-order chi connectivity index (χ0) is 27.7. The Morgan fingerprint density at radius 3 is 2.33 bits per heavy atom. The van der Waals surface area contributed by atoms with E-state index in [0.717, 1.165) is 72.5 Å². The Labute approximate surface area is 240 Å². The van der Waals surface area contributed by atoms with E-state index in [1.165, 1.54) is 0 Å². The number of hydrogen-bond acceptors (Lipinski definition) is 5. The molecule has 4 aromatic rings. The van der Waals surface area contributed by atoms with E-state index in [-0.39, 0.29) is 5.97 Å². The Morgan fingerprint density at radius 2 is 1.55 bits per heavy atom. The molecule has 0 aromatic heterocycles. The molecule has 40 heavy (non-hydrogen) atoms. The van der Waals surface area contributed by atoms with Crippen LogP contribution in [0.15, 0.2) is 84.9 Å². The summed E-state index contributed by atoms with van der Waals surface area (Å²) in [6.07, 6.45) is 4.52. The number of para-hydroxylation sites is 1. The van der Waals surface area contributed by atoms with Crippen LogP contribution in [0, 0.1) is 0 Å². The Kier molecular flexibility index (Phi) is 7.16. The first-order valence-electron chi connectivity index (χ1n) is 14.1. The van der Waals surface area contributed by atoms with Gasteiger partial charge in [0.1, 0.15) is 11.5 Å². The SMILES string of the molecule is CCCCN(CCCC)c1ccc2c(c1)Oc1ccc(Nc3ccccc3Cl)cc1[C@]21OC(=O)c2ccccc21. The highest BCUT2D eigenvalue weighted by molar-refractivity contribution is 6.33. The van der Waals surface area contributed by atoms with Crippen molar-refractivity contribution >= 4 is 34.6 Å². The van der Waals surface area contributed by atoms with E-state index in [2.05, 4.69) is 42.3 Å². The molecule has 2 aliphatic heterocycles. The Balaban J connectivity index is 1.49. The van der Waals surface area contributed by atoms with Crippen molar-refractivity contribution in [2.45, 2.75) is 45.1 Å². The maximum atomic E-state index is 13.3. The minimum Gasteiger partial charge on any atom is -0.456 e. The summed E-state index contributed by atoms with van der Waals surface area (Å²) in [7, 11) is 0. The fourth-order valence-electron chi connectivity index (χ4n) is 5.72. The number of unbranched alkanes of at least 4 members (excludes halogenated alkanes) is 2. The van der Waals surface area contributed by atoms with Gasteiger partial charge in [0.15, 0.2) is 5.60 Å². The van der Waals surface area contributed by atoms with Crippen LogP contribution in [0.25, 0.3) is 0 Å². The highest BCUT2D eigenvalue weighted by Gasteiger charge is 2.53. The number of nitrogens with zero attached hydrogens (tertiary/aromatic N) is 1. The number of hydrogen-bond donors (Lipinski definition) is 1. The minimum absolute atomic E-state index is 0.338. The van der Waals surface area contributed by atoms with Gasteiger partial charge < -0.3 is 19.7 Å². The summed E-state index contributed by atoms with van der Waals surface area (Å²) in [5.74, 6) is 1.03. The number of carbonyl (C=O) groups excluding carboxylic acids is 1. The Bertz CT molecular complexity index is 1560. The highest BCUT2D eigenvalue weighted by atomic mass is 35.5. The van der Waals surface area contributed by atoms with Crippen molar-refractivity contribution in [1.29, 1.82) is 0 Å². The molecule has 0 saturated carbocycles. The fraction of sp³-hybridized carbons (Fsp3) is 0.265. The van der Waals surface area contributed by atoms with Gasteiger partial charge in [0, 0.05) is 47.2 Å². The molecule has 204 valence electrons. The maximum Gasteiger partial charge on any atom is 0.340 e. The zero-order valence-electron chi connectivity index (χ0n) is 22.9. The number of rotatable bonds is 9. The van der Waals surface area contributed by atoms with Gasteiger partial charge in [-0.3, -0.25) is 0 Å². The Hall–Kier alpha value is -3.96. The first kappa shape index (κ1) is 26.3. The number of benzene rings is 4. The van der Waals surface area contributed by atoms with Gasteiger partial charge in [0.25, 0.3) is 0 Å². The van der Waals surface area contributed by atoms with Crippen LogP contribution >= 0.6 is 11.6 Å². The van der Waals surface area contributed by atoms with Crippen molar-refractivity contribution in [3.63, 3.8) is 0 Å². The lowest BCUT2D eigenvalue weighted by Gasteiger charge is -2.37. The van der Waals surface area contributed by atoms with Crippen molar-refractivity contribution in [2.24, 2.45) is 0 Å². The third kappa shape index (κ3) is 4.48. The average molecular weight is 553 g/mol. The van der Waals surface area contributed by atoms with Crippen LogP contribution in [0.2, 0.25) is 5.02 Å². The molecule has 4 aromatic carbocycles. The molecule has 6 heteroatoms. The second-order valence-electron chi connectivity index (χ2n) is 10.4. The standard InChI is InChI=1S/C34H33ClN2O3/c1-3-5-19-37(20-6-4-2)24-16-17-27-32(22-24)39-31-18-15-23(36-30-14-10-9-13-29(30)35)21-28(31)34(27)26-12-8-7-11-25(26)33(38)40-34/h7-18,21-22,36H,3-6,19-20H2,1-2H3/t34-/m1/s1. The van der Waals surface area contributed by atoms with Gasteiger partial charge in [-0.2, -0.15) is 0 Å². The average Bonchev–Trinajstić information content (AvgIpc) is 3.27. The normalized spacial score (nSPS) is 16.5. The number of halogens is 1. The van der Waals surface area contributed by atoms with Crippen molar-refractivity contribution in [2.75, 3.05) is 23.3 Å². The molecule has 2 aliphatic rings. The number of esters is 1. The molecule has 1 N–H and O–H groups in total. The molecule has 1 spiro atoms. The van der Waals surface area contributed by atoms with Crippen LogP contribution in [0.3, 0.4) is 0 Å². The minimum atomic E-state index is -1.12. The van der Waals surface area contributed by atoms with Crippen LogP contribution < -0.4 is 15.0 Å². The van der Waals surface area contributed by atoms with Crippen LogP contribution in [-0.4, -0.2) is 19.1 Å². The van der Waals surface area contributed by atoms with Crippen molar-refractivity contribution in [1.82, 2.24) is 0 Å². The molecular formula is C34H33ClN2O3. The van der Waals surface area contributed by atoms with Crippen molar-refractivity contribution < 1.29 is 14.3 Å². The molecule has 2 heterocycles.